The van der Waals surface area contributed by atoms with Gasteiger partial charge in [0.1, 0.15) is 5.75 Å². The van der Waals surface area contributed by atoms with E-state index in [1.165, 1.54) is 37.4 Å². The van der Waals surface area contributed by atoms with Gasteiger partial charge in [0.2, 0.25) is 0 Å². The fourth-order valence-corrected chi connectivity index (χ4v) is 2.30. The Kier molecular flexibility index (Phi) is 6.82. The summed E-state index contributed by atoms with van der Waals surface area (Å²) in [5, 5.41) is 20.7. The summed E-state index contributed by atoms with van der Waals surface area (Å²) in [7, 11) is 1.43. The third-order valence-electron chi connectivity index (χ3n) is 3.51. The SMILES string of the molecule is COc1cc(C#N)ccc1OCC(=O)Nc1cc(C(=O)O)ccc1OC(C)C. The van der Waals surface area contributed by atoms with Crippen molar-refractivity contribution >= 4 is 17.6 Å². The van der Waals surface area contributed by atoms with Gasteiger partial charge < -0.3 is 24.6 Å². The summed E-state index contributed by atoms with van der Waals surface area (Å²) in [5.74, 6) is -0.657. The largest absolute Gasteiger partial charge is 0.493 e. The number of carbonyl (C=O) groups excluding carboxylic acids is 1. The monoisotopic (exact) mass is 384 g/mol. The summed E-state index contributed by atoms with van der Waals surface area (Å²) in [5.41, 5.74) is 0.643. The van der Waals surface area contributed by atoms with E-state index in [2.05, 4.69) is 5.32 Å². The Balaban J connectivity index is 2.13. The third kappa shape index (κ3) is 5.38. The molecule has 0 radical (unpaired) electrons. The fourth-order valence-electron chi connectivity index (χ4n) is 2.30. The summed E-state index contributed by atoms with van der Waals surface area (Å²) < 4.78 is 16.2. The van der Waals surface area contributed by atoms with Crippen molar-refractivity contribution < 1.29 is 28.9 Å². The minimum atomic E-state index is -1.12. The first kappa shape index (κ1) is 20.6. The minimum absolute atomic E-state index is 0.0149. The van der Waals surface area contributed by atoms with Crippen LogP contribution in [0.2, 0.25) is 0 Å². The molecule has 0 aliphatic carbocycles. The van der Waals surface area contributed by atoms with Crippen LogP contribution in [0.4, 0.5) is 5.69 Å². The molecule has 0 bridgehead atoms. The van der Waals surface area contributed by atoms with Crippen molar-refractivity contribution in [3.63, 3.8) is 0 Å². The smallest absolute Gasteiger partial charge is 0.335 e. The van der Waals surface area contributed by atoms with Crippen molar-refractivity contribution in [1.29, 1.82) is 5.26 Å². The van der Waals surface area contributed by atoms with Crippen LogP contribution in [-0.4, -0.2) is 36.8 Å². The Hall–Kier alpha value is -3.73. The van der Waals surface area contributed by atoms with E-state index in [1.54, 1.807) is 6.07 Å². The van der Waals surface area contributed by atoms with Crippen molar-refractivity contribution in [3.8, 4) is 23.3 Å². The van der Waals surface area contributed by atoms with Crippen LogP contribution < -0.4 is 19.5 Å². The molecule has 8 heteroatoms. The van der Waals surface area contributed by atoms with Crippen LogP contribution in [0.5, 0.6) is 17.2 Å². The number of anilines is 1. The quantitative estimate of drug-likeness (QED) is 0.718. The second-order valence-corrected chi connectivity index (χ2v) is 6.00. The Morgan fingerprint density at radius 2 is 1.86 bits per heavy atom. The molecule has 2 N–H and O–H groups in total. The molecule has 28 heavy (non-hydrogen) atoms. The molecule has 0 spiro atoms. The molecule has 2 aromatic rings. The third-order valence-corrected chi connectivity index (χ3v) is 3.51. The van der Waals surface area contributed by atoms with E-state index in [1.807, 2.05) is 19.9 Å². The summed E-state index contributed by atoms with van der Waals surface area (Å²) in [6.45, 7) is 3.29. The van der Waals surface area contributed by atoms with Gasteiger partial charge in [0.05, 0.1) is 36.1 Å². The van der Waals surface area contributed by atoms with E-state index in [9.17, 15) is 9.59 Å². The number of carbonyl (C=O) groups is 2. The average Bonchev–Trinajstić information content (AvgIpc) is 2.67. The van der Waals surface area contributed by atoms with Crippen LogP contribution in [0.15, 0.2) is 36.4 Å². The van der Waals surface area contributed by atoms with Crippen LogP contribution in [0.1, 0.15) is 29.8 Å². The van der Waals surface area contributed by atoms with E-state index in [-0.39, 0.29) is 24.0 Å². The Bertz CT molecular complexity index is 917. The molecule has 0 aromatic heterocycles. The number of nitriles is 1. The van der Waals surface area contributed by atoms with E-state index >= 15 is 0 Å². The molecule has 0 atom stereocenters. The van der Waals surface area contributed by atoms with Gasteiger partial charge in [-0.15, -0.1) is 0 Å². The van der Waals surface area contributed by atoms with Crippen molar-refractivity contribution in [1.82, 2.24) is 0 Å². The van der Waals surface area contributed by atoms with Crippen molar-refractivity contribution in [2.75, 3.05) is 19.0 Å². The van der Waals surface area contributed by atoms with Gasteiger partial charge >= 0.3 is 5.97 Å². The fraction of sp³-hybridized carbons (Fsp3) is 0.250. The van der Waals surface area contributed by atoms with Gasteiger partial charge in [0.15, 0.2) is 18.1 Å². The predicted molar refractivity (Wildman–Crippen MR) is 101 cm³/mol. The average molecular weight is 384 g/mol. The van der Waals surface area contributed by atoms with E-state index < -0.39 is 11.9 Å². The number of hydrogen-bond donors (Lipinski definition) is 2. The molecule has 0 unspecified atom stereocenters. The first-order valence-electron chi connectivity index (χ1n) is 8.38. The van der Waals surface area contributed by atoms with E-state index in [4.69, 9.17) is 24.6 Å². The van der Waals surface area contributed by atoms with Crippen LogP contribution in [0, 0.1) is 11.3 Å². The number of rotatable bonds is 8. The molecule has 0 aliphatic heterocycles. The zero-order chi connectivity index (χ0) is 20.7. The molecule has 0 heterocycles. The maximum Gasteiger partial charge on any atom is 0.335 e. The second kappa shape index (κ2) is 9.28. The van der Waals surface area contributed by atoms with Gasteiger partial charge in [0, 0.05) is 6.07 Å². The van der Waals surface area contributed by atoms with Gasteiger partial charge in [-0.2, -0.15) is 5.26 Å². The van der Waals surface area contributed by atoms with Gasteiger partial charge in [-0.1, -0.05) is 0 Å². The summed E-state index contributed by atoms with van der Waals surface area (Å²) in [6.07, 6.45) is -0.162. The topological polar surface area (TPSA) is 118 Å². The highest BCUT2D eigenvalue weighted by Gasteiger charge is 2.14. The summed E-state index contributed by atoms with van der Waals surface area (Å²) >= 11 is 0. The Labute approximate surface area is 162 Å². The first-order valence-corrected chi connectivity index (χ1v) is 8.38. The molecule has 1 amide bonds. The van der Waals surface area contributed by atoms with Crippen molar-refractivity contribution in [2.45, 2.75) is 20.0 Å². The molecule has 0 aliphatic rings. The molecule has 0 saturated carbocycles. The van der Waals surface area contributed by atoms with Crippen molar-refractivity contribution in [2.24, 2.45) is 0 Å². The minimum Gasteiger partial charge on any atom is -0.493 e. The second-order valence-electron chi connectivity index (χ2n) is 6.00. The van der Waals surface area contributed by atoms with Crippen molar-refractivity contribution in [3.05, 3.63) is 47.5 Å². The normalized spacial score (nSPS) is 10.1. The number of nitrogens with zero attached hydrogens (tertiary/aromatic N) is 1. The highest BCUT2D eigenvalue weighted by atomic mass is 16.5. The number of aromatic carboxylic acids is 1. The van der Waals surface area contributed by atoms with Crippen LogP contribution in [0.3, 0.4) is 0 Å². The van der Waals surface area contributed by atoms with E-state index in [0.29, 0.717) is 22.8 Å². The number of ether oxygens (including phenoxy) is 3. The first-order chi connectivity index (χ1) is 13.3. The number of methoxy groups -OCH3 is 1. The molecule has 8 nitrogen and oxygen atoms in total. The van der Waals surface area contributed by atoms with Crippen LogP contribution in [-0.2, 0) is 4.79 Å². The lowest BCUT2D eigenvalue weighted by molar-refractivity contribution is -0.118. The zero-order valence-electron chi connectivity index (χ0n) is 15.7. The lowest BCUT2D eigenvalue weighted by Gasteiger charge is -2.16. The molecule has 146 valence electrons. The van der Waals surface area contributed by atoms with E-state index in [0.717, 1.165) is 0 Å². The number of nitrogens with one attached hydrogen (secondary N) is 1. The highest BCUT2D eigenvalue weighted by molar-refractivity contribution is 5.96. The summed E-state index contributed by atoms with van der Waals surface area (Å²) in [6, 6.07) is 10.8. The van der Waals surface area contributed by atoms with Gasteiger partial charge in [-0.05, 0) is 44.2 Å². The van der Waals surface area contributed by atoms with Crippen LogP contribution in [0.25, 0.3) is 0 Å². The predicted octanol–water partition coefficient (Wildman–Crippen LogP) is 3.07. The molecule has 0 saturated heterocycles. The summed E-state index contributed by atoms with van der Waals surface area (Å²) in [4.78, 5) is 23.5. The lowest BCUT2D eigenvalue weighted by atomic mass is 10.2. The van der Waals surface area contributed by atoms with Gasteiger partial charge in [-0.3, -0.25) is 4.79 Å². The lowest BCUT2D eigenvalue weighted by Crippen LogP contribution is -2.21. The Morgan fingerprint density at radius 1 is 1.14 bits per heavy atom. The highest BCUT2D eigenvalue weighted by Crippen LogP contribution is 2.29. The zero-order valence-corrected chi connectivity index (χ0v) is 15.7. The Morgan fingerprint density at radius 3 is 2.46 bits per heavy atom. The number of benzene rings is 2. The molecular weight excluding hydrogens is 364 g/mol. The number of amides is 1. The molecule has 0 fully saturated rings. The maximum atomic E-state index is 12.3. The molecule has 2 rings (SSSR count). The number of carboxylic acids is 1. The van der Waals surface area contributed by atoms with Gasteiger partial charge in [0.25, 0.3) is 5.91 Å². The number of carboxylic acid groups (broad SMARTS) is 1. The number of hydrogen-bond acceptors (Lipinski definition) is 6. The van der Waals surface area contributed by atoms with Gasteiger partial charge in [-0.25, -0.2) is 4.79 Å². The van der Waals surface area contributed by atoms with Crippen LogP contribution >= 0.6 is 0 Å². The molecular formula is C20H20N2O6. The molecule has 2 aromatic carbocycles. The maximum absolute atomic E-state index is 12.3. The standard InChI is InChI=1S/C20H20N2O6/c1-12(2)28-16-7-5-14(20(24)25)9-15(16)22-19(23)11-27-17-6-4-13(10-21)8-18(17)26-3/h4-9,12H,11H2,1-3H3,(H,22,23)(H,24,25).